The summed E-state index contributed by atoms with van der Waals surface area (Å²) in [6.45, 7) is 4.36. The first kappa shape index (κ1) is 19.5. The van der Waals surface area contributed by atoms with Crippen LogP contribution in [0.4, 0.5) is 0 Å². The largest absolute Gasteiger partial charge is 0.378 e. The third-order valence-electron chi connectivity index (χ3n) is 5.01. The lowest BCUT2D eigenvalue weighted by Gasteiger charge is -2.27. The number of hydrogen-bond acceptors (Lipinski definition) is 4. The molecule has 8 heteroatoms. The monoisotopic (exact) mass is 436 g/mol. The van der Waals surface area contributed by atoms with Crippen LogP contribution in [0.25, 0.3) is 10.2 Å². The van der Waals surface area contributed by atoms with E-state index in [0.29, 0.717) is 42.5 Å². The van der Waals surface area contributed by atoms with E-state index in [1.807, 2.05) is 22.9 Å². The van der Waals surface area contributed by atoms with E-state index in [1.54, 1.807) is 23.1 Å². The maximum absolute atomic E-state index is 13.3. The van der Waals surface area contributed by atoms with Gasteiger partial charge in [-0.1, -0.05) is 29.3 Å². The summed E-state index contributed by atoms with van der Waals surface area (Å²) in [5.74, 6) is -0.164. The normalized spacial score (nSPS) is 14.6. The fourth-order valence-electron chi connectivity index (χ4n) is 3.52. The van der Waals surface area contributed by atoms with Gasteiger partial charge < -0.3 is 14.2 Å². The molecule has 1 saturated heterocycles. The smallest absolute Gasteiger partial charge is 0.242 e. The number of morpholine rings is 1. The second-order valence-corrected chi connectivity index (χ2v) is 8.29. The van der Waals surface area contributed by atoms with E-state index >= 15 is 0 Å². The Morgan fingerprint density at radius 1 is 1.18 bits per heavy atom. The molecule has 0 aliphatic carbocycles. The molecule has 2 aromatic heterocycles. The third kappa shape index (κ3) is 3.35. The Kier molecular flexibility index (Phi) is 5.47. The van der Waals surface area contributed by atoms with E-state index in [4.69, 9.17) is 27.9 Å². The molecule has 0 saturated carbocycles. The number of amides is 1. The number of ketones is 1. The molecule has 3 heterocycles. The first-order valence-electron chi connectivity index (χ1n) is 8.89. The highest BCUT2D eigenvalue weighted by atomic mass is 35.5. The van der Waals surface area contributed by atoms with Crippen molar-refractivity contribution in [2.24, 2.45) is 0 Å². The number of nitrogens with zero attached hydrogens (tertiary/aromatic N) is 2. The zero-order valence-corrected chi connectivity index (χ0v) is 17.5. The van der Waals surface area contributed by atoms with Crippen molar-refractivity contribution in [1.29, 1.82) is 0 Å². The van der Waals surface area contributed by atoms with Gasteiger partial charge in [-0.2, -0.15) is 0 Å². The highest BCUT2D eigenvalue weighted by molar-refractivity contribution is 7.16. The Hall–Kier alpha value is -1.86. The summed E-state index contributed by atoms with van der Waals surface area (Å²) < 4.78 is 7.24. The maximum atomic E-state index is 13.3. The van der Waals surface area contributed by atoms with Crippen LogP contribution in [0.15, 0.2) is 29.6 Å². The van der Waals surface area contributed by atoms with Crippen molar-refractivity contribution in [3.05, 3.63) is 56.5 Å². The van der Waals surface area contributed by atoms with Gasteiger partial charge in [0.1, 0.15) is 11.4 Å². The second kappa shape index (κ2) is 7.87. The molecule has 0 unspecified atom stereocenters. The Bertz CT molecular complexity index is 1070. The Balaban J connectivity index is 1.73. The van der Waals surface area contributed by atoms with Gasteiger partial charge in [-0.05, 0) is 30.5 Å². The molecule has 0 N–H and O–H groups in total. The molecule has 1 aromatic carbocycles. The SMILES string of the molecule is Cc1c(C(=O)c2cccc(Cl)c2Cl)c2ccsc2n1CC(=O)N1CCOCC1. The quantitative estimate of drug-likeness (QED) is 0.569. The van der Waals surface area contributed by atoms with Gasteiger partial charge in [0.2, 0.25) is 5.91 Å². The first-order valence-corrected chi connectivity index (χ1v) is 10.5. The van der Waals surface area contributed by atoms with E-state index in [2.05, 4.69) is 0 Å². The number of benzene rings is 1. The van der Waals surface area contributed by atoms with Crippen LogP contribution in [0.5, 0.6) is 0 Å². The van der Waals surface area contributed by atoms with Crippen molar-refractivity contribution in [3.8, 4) is 0 Å². The van der Waals surface area contributed by atoms with Gasteiger partial charge >= 0.3 is 0 Å². The standard InChI is InChI=1S/C20H18Cl2N2O3S/c1-12-17(19(26)14-3-2-4-15(21)18(14)22)13-5-10-28-20(13)24(12)11-16(25)23-6-8-27-9-7-23/h2-5,10H,6-9,11H2,1H3. The van der Waals surface area contributed by atoms with Gasteiger partial charge in [0.05, 0.1) is 28.8 Å². The number of carbonyl (C=O) groups excluding carboxylic acids is 2. The van der Waals surface area contributed by atoms with Crippen LogP contribution in [0.3, 0.4) is 0 Å². The molecule has 28 heavy (non-hydrogen) atoms. The lowest BCUT2D eigenvalue weighted by Crippen LogP contribution is -2.42. The fraction of sp³-hybridized carbons (Fsp3) is 0.300. The minimum Gasteiger partial charge on any atom is -0.378 e. The van der Waals surface area contributed by atoms with Crippen molar-refractivity contribution in [2.75, 3.05) is 26.3 Å². The molecule has 3 aromatic rings. The van der Waals surface area contributed by atoms with E-state index in [0.717, 1.165) is 15.9 Å². The predicted molar refractivity (Wildman–Crippen MR) is 112 cm³/mol. The zero-order chi connectivity index (χ0) is 19.8. The van der Waals surface area contributed by atoms with Crippen molar-refractivity contribution in [3.63, 3.8) is 0 Å². The van der Waals surface area contributed by atoms with Crippen molar-refractivity contribution < 1.29 is 14.3 Å². The lowest BCUT2D eigenvalue weighted by atomic mass is 10.0. The topological polar surface area (TPSA) is 51.5 Å². The highest BCUT2D eigenvalue weighted by Gasteiger charge is 2.26. The number of fused-ring (bicyclic) bond motifs is 1. The molecule has 1 aliphatic heterocycles. The molecular weight excluding hydrogens is 419 g/mol. The predicted octanol–water partition coefficient (Wildman–Crippen LogP) is 4.41. The first-order chi connectivity index (χ1) is 13.5. The summed E-state index contributed by atoms with van der Waals surface area (Å²) in [5, 5.41) is 3.34. The lowest BCUT2D eigenvalue weighted by molar-refractivity contribution is -0.135. The molecular formula is C20H18Cl2N2O3S. The summed E-state index contributed by atoms with van der Waals surface area (Å²) in [5.41, 5.74) is 1.68. The second-order valence-electron chi connectivity index (χ2n) is 6.61. The van der Waals surface area contributed by atoms with Crippen LogP contribution in [0.1, 0.15) is 21.6 Å². The van der Waals surface area contributed by atoms with Crippen molar-refractivity contribution in [2.45, 2.75) is 13.5 Å². The van der Waals surface area contributed by atoms with Crippen LogP contribution >= 0.6 is 34.5 Å². The average Bonchev–Trinajstić information content (AvgIpc) is 3.26. The molecule has 0 spiro atoms. The Labute approximate surface area is 176 Å². The van der Waals surface area contributed by atoms with Gasteiger partial charge in [-0.25, -0.2) is 0 Å². The molecule has 0 bridgehead atoms. The van der Waals surface area contributed by atoms with E-state index in [-0.39, 0.29) is 23.3 Å². The molecule has 5 nitrogen and oxygen atoms in total. The van der Waals surface area contributed by atoms with Crippen LogP contribution < -0.4 is 0 Å². The Morgan fingerprint density at radius 3 is 2.68 bits per heavy atom. The van der Waals surface area contributed by atoms with Gasteiger partial charge in [-0.3, -0.25) is 9.59 Å². The number of carbonyl (C=O) groups is 2. The summed E-state index contributed by atoms with van der Waals surface area (Å²) in [7, 11) is 0. The van der Waals surface area contributed by atoms with Crippen molar-refractivity contribution >= 4 is 56.4 Å². The maximum Gasteiger partial charge on any atom is 0.242 e. The Morgan fingerprint density at radius 2 is 1.93 bits per heavy atom. The number of ether oxygens (including phenoxy) is 1. The van der Waals surface area contributed by atoms with Crippen LogP contribution in [-0.4, -0.2) is 47.5 Å². The van der Waals surface area contributed by atoms with E-state index in [9.17, 15) is 9.59 Å². The van der Waals surface area contributed by atoms with Gasteiger partial charge in [-0.15, -0.1) is 11.3 Å². The summed E-state index contributed by atoms with van der Waals surface area (Å²) in [6.07, 6.45) is 0. The molecule has 0 radical (unpaired) electrons. The summed E-state index contributed by atoms with van der Waals surface area (Å²) in [4.78, 5) is 28.8. The van der Waals surface area contributed by atoms with Crippen LogP contribution in [0, 0.1) is 6.92 Å². The molecule has 1 aliphatic rings. The average molecular weight is 437 g/mol. The summed E-state index contributed by atoms with van der Waals surface area (Å²) >= 11 is 13.9. The molecule has 1 fully saturated rings. The van der Waals surface area contributed by atoms with E-state index in [1.165, 1.54) is 11.3 Å². The number of hydrogen-bond donors (Lipinski definition) is 0. The van der Waals surface area contributed by atoms with Gasteiger partial charge in [0, 0.05) is 29.7 Å². The van der Waals surface area contributed by atoms with Gasteiger partial charge in [0.15, 0.2) is 5.78 Å². The summed E-state index contributed by atoms with van der Waals surface area (Å²) in [6, 6.07) is 6.94. The van der Waals surface area contributed by atoms with Crippen LogP contribution in [0.2, 0.25) is 10.0 Å². The van der Waals surface area contributed by atoms with Gasteiger partial charge in [0.25, 0.3) is 0 Å². The minimum absolute atomic E-state index is 0.0245. The highest BCUT2D eigenvalue weighted by Crippen LogP contribution is 2.34. The number of aromatic nitrogens is 1. The van der Waals surface area contributed by atoms with Crippen molar-refractivity contribution in [1.82, 2.24) is 9.47 Å². The number of thiophene rings is 1. The number of halogens is 2. The molecule has 0 atom stereocenters. The molecule has 146 valence electrons. The third-order valence-corrected chi connectivity index (χ3v) is 6.76. The van der Waals surface area contributed by atoms with E-state index < -0.39 is 0 Å². The van der Waals surface area contributed by atoms with Crippen LogP contribution in [-0.2, 0) is 16.1 Å². The molecule has 4 rings (SSSR count). The minimum atomic E-state index is -0.189. The fourth-order valence-corrected chi connectivity index (χ4v) is 4.87. The number of rotatable bonds is 4. The zero-order valence-electron chi connectivity index (χ0n) is 15.2. The molecule has 1 amide bonds.